The molecule has 5 nitrogen and oxygen atoms in total. The fraction of sp³-hybridized carbons (Fsp3) is 0.500. The summed E-state index contributed by atoms with van der Waals surface area (Å²) in [5, 5.41) is 19.3. The molecular weight excluding hydrogens is 194 g/mol. The maximum Gasteiger partial charge on any atom is 0.327 e. The van der Waals surface area contributed by atoms with Gasteiger partial charge in [-0.15, -0.1) is 0 Å². The molecule has 2 rings (SSSR count). The molecule has 0 aliphatic carbocycles. The van der Waals surface area contributed by atoms with Crippen LogP contribution >= 0.6 is 0 Å². The van der Waals surface area contributed by atoms with E-state index in [-0.39, 0.29) is 24.9 Å². The molecular formula is C10H9N3O2. The lowest BCUT2D eigenvalue weighted by molar-refractivity contribution is -0.189. The third kappa shape index (κ3) is 1.21. The van der Waals surface area contributed by atoms with E-state index in [0.717, 1.165) is 5.57 Å². The quantitative estimate of drug-likeness (QED) is 0.540. The van der Waals surface area contributed by atoms with Crippen LogP contribution in [0.25, 0.3) is 0 Å². The summed E-state index contributed by atoms with van der Waals surface area (Å²) in [7, 11) is 0. The molecule has 15 heavy (non-hydrogen) atoms. The number of carbonyl (C=O) groups is 1. The van der Waals surface area contributed by atoms with E-state index in [1.54, 1.807) is 0 Å². The summed E-state index contributed by atoms with van der Waals surface area (Å²) < 4.78 is 0. The minimum absolute atomic E-state index is 0.216. The normalized spacial score (nSPS) is 28.3. The van der Waals surface area contributed by atoms with Gasteiger partial charge in [0, 0.05) is 6.42 Å². The van der Waals surface area contributed by atoms with Gasteiger partial charge in [-0.25, -0.2) is 0 Å². The zero-order valence-electron chi connectivity index (χ0n) is 8.23. The molecule has 5 heteroatoms. The highest BCUT2D eigenvalue weighted by Crippen LogP contribution is 2.36. The molecule has 0 aromatic rings. The Morgan fingerprint density at radius 3 is 2.87 bits per heavy atom. The van der Waals surface area contributed by atoms with Crippen LogP contribution in [-0.2, 0) is 9.63 Å². The molecule has 76 valence electrons. The van der Waals surface area contributed by atoms with E-state index in [1.807, 2.05) is 25.1 Å². The zero-order chi connectivity index (χ0) is 11.1. The Bertz CT molecular complexity index is 413. The van der Waals surface area contributed by atoms with E-state index < -0.39 is 5.54 Å². The highest BCUT2D eigenvalue weighted by molar-refractivity contribution is 5.73. The van der Waals surface area contributed by atoms with Crippen LogP contribution in [-0.4, -0.2) is 22.6 Å². The van der Waals surface area contributed by atoms with Gasteiger partial charge >= 0.3 is 5.97 Å². The van der Waals surface area contributed by atoms with Gasteiger partial charge in [-0.3, -0.25) is 4.79 Å². The zero-order valence-corrected chi connectivity index (χ0v) is 8.23. The number of hydroxylamine groups is 2. The summed E-state index contributed by atoms with van der Waals surface area (Å²) in [5.74, 6) is -0.385. The standard InChI is InChI=1S/C10H9N3O2/c1-7-2-3-10(5-11,6-12)13-8(7)4-9(14)15-13/h2,8H,3-4H2,1H3/t8-/m1/s1. The average molecular weight is 203 g/mol. The number of hydrogen-bond acceptors (Lipinski definition) is 5. The molecule has 0 radical (unpaired) electrons. The summed E-state index contributed by atoms with van der Waals surface area (Å²) in [6.45, 7) is 1.87. The van der Waals surface area contributed by atoms with Crippen molar-refractivity contribution in [1.82, 2.24) is 5.06 Å². The average Bonchev–Trinajstić information content (AvgIpc) is 2.63. The van der Waals surface area contributed by atoms with Crippen molar-refractivity contribution in [3.63, 3.8) is 0 Å². The van der Waals surface area contributed by atoms with Gasteiger partial charge in [-0.2, -0.15) is 10.5 Å². The van der Waals surface area contributed by atoms with Crippen LogP contribution < -0.4 is 0 Å². The molecule has 0 N–H and O–H groups in total. The Labute approximate surface area is 87.1 Å². The third-order valence-electron chi connectivity index (χ3n) is 2.83. The van der Waals surface area contributed by atoms with Gasteiger partial charge in [-0.1, -0.05) is 16.7 Å². The maximum atomic E-state index is 11.2. The van der Waals surface area contributed by atoms with Crippen molar-refractivity contribution in [3.8, 4) is 12.1 Å². The first-order valence-electron chi connectivity index (χ1n) is 4.62. The SMILES string of the molecule is CC1=CCC(C#N)(C#N)N2OC(=O)C[C@H]12. The molecule has 1 saturated heterocycles. The Balaban J connectivity index is 2.45. The highest BCUT2D eigenvalue weighted by Gasteiger charge is 2.51. The summed E-state index contributed by atoms with van der Waals surface area (Å²) >= 11 is 0. The third-order valence-corrected chi connectivity index (χ3v) is 2.83. The van der Waals surface area contributed by atoms with Crippen molar-refractivity contribution >= 4 is 5.97 Å². The second-order valence-electron chi connectivity index (χ2n) is 3.75. The maximum absolute atomic E-state index is 11.2. The number of hydrogen-bond donors (Lipinski definition) is 0. The van der Waals surface area contributed by atoms with Crippen LogP contribution in [0.2, 0.25) is 0 Å². The summed E-state index contributed by atoms with van der Waals surface area (Å²) in [5.41, 5.74) is -0.377. The monoisotopic (exact) mass is 203 g/mol. The molecule has 0 aromatic carbocycles. The van der Waals surface area contributed by atoms with Gasteiger partial charge < -0.3 is 4.84 Å². The lowest BCUT2D eigenvalue weighted by atomic mass is 9.88. The molecule has 0 spiro atoms. The molecule has 0 saturated carbocycles. The van der Waals surface area contributed by atoms with Crippen molar-refractivity contribution in [2.45, 2.75) is 31.3 Å². The Morgan fingerprint density at radius 2 is 2.27 bits per heavy atom. The first-order valence-corrected chi connectivity index (χ1v) is 4.62. The van der Waals surface area contributed by atoms with E-state index >= 15 is 0 Å². The van der Waals surface area contributed by atoms with Crippen LogP contribution in [0.5, 0.6) is 0 Å². The van der Waals surface area contributed by atoms with Crippen LogP contribution in [0.1, 0.15) is 19.8 Å². The van der Waals surface area contributed by atoms with Crippen molar-refractivity contribution in [1.29, 1.82) is 10.5 Å². The Morgan fingerprint density at radius 1 is 1.60 bits per heavy atom. The fourth-order valence-electron chi connectivity index (χ4n) is 1.89. The number of fused-ring (bicyclic) bond motifs is 1. The topological polar surface area (TPSA) is 77.1 Å². The molecule has 0 amide bonds. The van der Waals surface area contributed by atoms with Gasteiger partial charge in [-0.05, 0) is 6.92 Å². The number of rotatable bonds is 0. The minimum Gasteiger partial charge on any atom is -0.365 e. The molecule has 1 fully saturated rings. The second-order valence-corrected chi connectivity index (χ2v) is 3.75. The molecule has 2 aliphatic heterocycles. The lowest BCUT2D eigenvalue weighted by Gasteiger charge is -2.34. The van der Waals surface area contributed by atoms with Crippen LogP contribution in [0.4, 0.5) is 0 Å². The molecule has 0 aromatic heterocycles. The summed E-state index contributed by atoms with van der Waals surface area (Å²) in [6.07, 6.45) is 2.32. The molecule has 0 bridgehead atoms. The number of nitriles is 2. The number of nitrogens with zero attached hydrogens (tertiary/aromatic N) is 3. The molecule has 1 atom stereocenters. The lowest BCUT2D eigenvalue weighted by Crippen LogP contribution is -2.51. The van der Waals surface area contributed by atoms with Crippen molar-refractivity contribution in [2.75, 3.05) is 0 Å². The van der Waals surface area contributed by atoms with Crippen molar-refractivity contribution < 1.29 is 9.63 Å². The minimum atomic E-state index is -1.35. The van der Waals surface area contributed by atoms with Crippen LogP contribution in [0, 0.1) is 22.7 Å². The predicted octanol–water partition coefficient (Wildman–Crippen LogP) is 0.655. The van der Waals surface area contributed by atoms with E-state index in [2.05, 4.69) is 0 Å². The predicted molar refractivity (Wildman–Crippen MR) is 48.7 cm³/mol. The molecule has 2 heterocycles. The molecule has 0 unspecified atom stereocenters. The first-order chi connectivity index (χ1) is 7.13. The highest BCUT2D eigenvalue weighted by atomic mass is 16.7. The van der Waals surface area contributed by atoms with Gasteiger partial charge in [0.2, 0.25) is 5.54 Å². The van der Waals surface area contributed by atoms with E-state index in [1.165, 1.54) is 5.06 Å². The molecule has 2 aliphatic rings. The summed E-state index contributed by atoms with van der Waals surface area (Å²) in [6, 6.07) is 3.59. The first kappa shape index (κ1) is 9.70. The van der Waals surface area contributed by atoms with Crippen LogP contribution in [0.15, 0.2) is 11.6 Å². The van der Waals surface area contributed by atoms with Gasteiger partial charge in [0.25, 0.3) is 0 Å². The van der Waals surface area contributed by atoms with Gasteiger partial charge in [0.15, 0.2) is 0 Å². The number of carbonyl (C=O) groups excluding carboxylic acids is 1. The Kier molecular flexibility index (Phi) is 1.99. The van der Waals surface area contributed by atoms with Crippen molar-refractivity contribution in [3.05, 3.63) is 11.6 Å². The van der Waals surface area contributed by atoms with E-state index in [4.69, 9.17) is 15.4 Å². The Hall–Kier alpha value is -1.85. The van der Waals surface area contributed by atoms with Gasteiger partial charge in [0.05, 0.1) is 12.5 Å². The smallest absolute Gasteiger partial charge is 0.327 e. The van der Waals surface area contributed by atoms with Crippen LogP contribution in [0.3, 0.4) is 0 Å². The van der Waals surface area contributed by atoms with Crippen molar-refractivity contribution in [2.24, 2.45) is 0 Å². The fourth-order valence-corrected chi connectivity index (χ4v) is 1.89. The second kappa shape index (κ2) is 3.08. The van der Waals surface area contributed by atoms with Gasteiger partial charge in [0.1, 0.15) is 12.1 Å². The van der Waals surface area contributed by atoms with E-state index in [0.29, 0.717) is 0 Å². The van der Waals surface area contributed by atoms with E-state index in [9.17, 15) is 4.79 Å². The largest absolute Gasteiger partial charge is 0.365 e. The summed E-state index contributed by atoms with van der Waals surface area (Å²) in [4.78, 5) is 16.1.